The van der Waals surface area contributed by atoms with Crippen molar-refractivity contribution in [2.24, 2.45) is 0 Å². The summed E-state index contributed by atoms with van der Waals surface area (Å²) in [5, 5.41) is 0.686. The van der Waals surface area contributed by atoms with Crippen molar-refractivity contribution in [3.8, 4) is 11.3 Å². The number of carbonyl (C=O) groups is 1. The second kappa shape index (κ2) is 6.06. The van der Waals surface area contributed by atoms with Gasteiger partial charge in [-0.15, -0.1) is 0 Å². The molecule has 1 aromatic carbocycles. The smallest absolute Gasteiger partial charge is 0.339 e. The van der Waals surface area contributed by atoms with Crippen LogP contribution < -0.4 is 0 Å². The third-order valence-corrected chi connectivity index (χ3v) is 3.27. The maximum Gasteiger partial charge on any atom is 0.339 e. The van der Waals surface area contributed by atoms with E-state index in [4.69, 9.17) is 16.3 Å². The van der Waals surface area contributed by atoms with Gasteiger partial charge in [0.25, 0.3) is 0 Å². The highest BCUT2D eigenvalue weighted by molar-refractivity contribution is 6.30. The lowest BCUT2D eigenvalue weighted by molar-refractivity contribution is 0.0525. The number of aromatic nitrogens is 1. The average Bonchev–Trinajstić information content (AvgIpc) is 2.42. The molecule has 0 atom stereocenters. The number of halogens is 1. The zero-order chi connectivity index (χ0) is 14.7. The van der Waals surface area contributed by atoms with E-state index in [1.807, 2.05) is 44.2 Å². The van der Waals surface area contributed by atoms with Gasteiger partial charge < -0.3 is 4.74 Å². The van der Waals surface area contributed by atoms with Crippen molar-refractivity contribution in [3.63, 3.8) is 0 Å². The van der Waals surface area contributed by atoms with Crippen molar-refractivity contribution in [1.82, 2.24) is 4.98 Å². The highest BCUT2D eigenvalue weighted by Crippen LogP contribution is 2.25. The zero-order valence-corrected chi connectivity index (χ0v) is 12.5. The normalized spacial score (nSPS) is 10.4. The third-order valence-electron chi connectivity index (χ3n) is 3.02. The van der Waals surface area contributed by atoms with E-state index in [9.17, 15) is 4.79 Å². The summed E-state index contributed by atoms with van der Waals surface area (Å²) in [4.78, 5) is 16.4. The van der Waals surface area contributed by atoms with Crippen LogP contribution in [0.15, 0.2) is 30.3 Å². The molecule has 0 saturated carbocycles. The van der Waals surface area contributed by atoms with Gasteiger partial charge in [0.05, 0.1) is 23.6 Å². The molecule has 2 aromatic rings. The Hall–Kier alpha value is -1.87. The Bertz CT molecular complexity index is 636. The fraction of sp³-hybridized carbons (Fsp3) is 0.250. The van der Waals surface area contributed by atoms with Crippen LogP contribution >= 0.6 is 11.6 Å². The molecule has 0 aliphatic heterocycles. The van der Waals surface area contributed by atoms with Crippen LogP contribution in [-0.4, -0.2) is 17.6 Å². The number of hydrogen-bond acceptors (Lipinski definition) is 3. The minimum Gasteiger partial charge on any atom is -0.462 e. The summed E-state index contributed by atoms with van der Waals surface area (Å²) in [6.45, 7) is 5.88. The van der Waals surface area contributed by atoms with E-state index < -0.39 is 0 Å². The van der Waals surface area contributed by atoms with Gasteiger partial charge in [-0.25, -0.2) is 4.79 Å². The molecule has 0 spiro atoms. The maximum atomic E-state index is 11.8. The summed E-state index contributed by atoms with van der Waals surface area (Å²) in [6.07, 6.45) is 0. The van der Waals surface area contributed by atoms with Gasteiger partial charge in [0.1, 0.15) is 0 Å². The van der Waals surface area contributed by atoms with Crippen LogP contribution in [0.5, 0.6) is 0 Å². The number of aryl methyl sites for hydroxylation is 2. The topological polar surface area (TPSA) is 39.2 Å². The van der Waals surface area contributed by atoms with Crippen LogP contribution in [0.1, 0.15) is 28.5 Å². The zero-order valence-electron chi connectivity index (χ0n) is 11.7. The molecule has 0 saturated heterocycles. The number of rotatable bonds is 3. The number of esters is 1. The molecule has 0 amide bonds. The molecule has 1 heterocycles. The lowest BCUT2D eigenvalue weighted by atomic mass is 10.0. The van der Waals surface area contributed by atoms with Crippen molar-refractivity contribution in [2.75, 3.05) is 6.61 Å². The molecule has 4 heteroatoms. The molecule has 0 bridgehead atoms. The number of benzene rings is 1. The Balaban J connectivity index is 2.45. The van der Waals surface area contributed by atoms with Gasteiger partial charge in [0, 0.05) is 10.6 Å². The Labute approximate surface area is 123 Å². The highest BCUT2D eigenvalue weighted by Gasteiger charge is 2.14. The molecule has 2 rings (SSSR count). The van der Waals surface area contributed by atoms with Crippen molar-refractivity contribution < 1.29 is 9.53 Å². The lowest BCUT2D eigenvalue weighted by Gasteiger charge is -2.11. The van der Waals surface area contributed by atoms with E-state index in [0.29, 0.717) is 22.9 Å². The van der Waals surface area contributed by atoms with Crippen molar-refractivity contribution in [1.29, 1.82) is 0 Å². The van der Waals surface area contributed by atoms with Crippen LogP contribution in [0.4, 0.5) is 0 Å². The van der Waals surface area contributed by atoms with Crippen LogP contribution in [-0.2, 0) is 4.74 Å². The summed E-state index contributed by atoms with van der Waals surface area (Å²) in [6, 6.07) is 9.31. The standard InChI is InChI=1S/C16H16ClNO2/c1-4-20-16(19)14-9-10(2)15(18-11(14)3)12-5-7-13(17)8-6-12/h5-9H,4H2,1-3H3. The van der Waals surface area contributed by atoms with Gasteiger partial charge in [-0.05, 0) is 44.5 Å². The van der Waals surface area contributed by atoms with Crippen LogP contribution in [0, 0.1) is 13.8 Å². The quantitative estimate of drug-likeness (QED) is 0.795. The Morgan fingerprint density at radius 3 is 2.50 bits per heavy atom. The molecule has 104 valence electrons. The van der Waals surface area contributed by atoms with Crippen LogP contribution in [0.25, 0.3) is 11.3 Å². The van der Waals surface area contributed by atoms with Crippen molar-refractivity contribution in [3.05, 3.63) is 52.2 Å². The molecular weight excluding hydrogens is 274 g/mol. The molecule has 20 heavy (non-hydrogen) atoms. The first-order valence-electron chi connectivity index (χ1n) is 6.44. The molecule has 0 aliphatic carbocycles. The molecule has 0 unspecified atom stereocenters. The summed E-state index contributed by atoms with van der Waals surface area (Å²) in [7, 11) is 0. The molecule has 3 nitrogen and oxygen atoms in total. The fourth-order valence-corrected chi connectivity index (χ4v) is 2.15. The predicted molar refractivity (Wildman–Crippen MR) is 80.1 cm³/mol. The minimum absolute atomic E-state index is 0.330. The first-order chi connectivity index (χ1) is 9.52. The van der Waals surface area contributed by atoms with Gasteiger partial charge in [0.15, 0.2) is 0 Å². The summed E-state index contributed by atoms with van der Waals surface area (Å²) in [5.74, 6) is -0.330. The number of nitrogens with zero attached hydrogens (tertiary/aromatic N) is 1. The summed E-state index contributed by atoms with van der Waals surface area (Å²) < 4.78 is 5.03. The molecule has 0 fully saturated rings. The number of pyridine rings is 1. The first-order valence-corrected chi connectivity index (χ1v) is 6.82. The molecule has 0 aliphatic rings. The average molecular weight is 290 g/mol. The van der Waals surface area contributed by atoms with Crippen LogP contribution in [0.3, 0.4) is 0 Å². The van der Waals surface area contributed by atoms with E-state index in [0.717, 1.165) is 16.8 Å². The molecular formula is C16H16ClNO2. The van der Waals surface area contributed by atoms with Gasteiger partial charge in [-0.3, -0.25) is 4.98 Å². The van der Waals surface area contributed by atoms with E-state index in [1.54, 1.807) is 6.92 Å². The van der Waals surface area contributed by atoms with Gasteiger partial charge in [-0.1, -0.05) is 23.7 Å². The largest absolute Gasteiger partial charge is 0.462 e. The molecule has 1 aromatic heterocycles. The monoisotopic (exact) mass is 289 g/mol. The second-order valence-electron chi connectivity index (χ2n) is 4.51. The Morgan fingerprint density at radius 2 is 1.90 bits per heavy atom. The van der Waals surface area contributed by atoms with E-state index in [-0.39, 0.29) is 5.97 Å². The Morgan fingerprint density at radius 1 is 1.25 bits per heavy atom. The lowest BCUT2D eigenvalue weighted by Crippen LogP contribution is -2.09. The highest BCUT2D eigenvalue weighted by atomic mass is 35.5. The fourth-order valence-electron chi connectivity index (χ4n) is 2.02. The van der Waals surface area contributed by atoms with Crippen molar-refractivity contribution in [2.45, 2.75) is 20.8 Å². The van der Waals surface area contributed by atoms with E-state index in [1.165, 1.54) is 0 Å². The van der Waals surface area contributed by atoms with Crippen LogP contribution in [0.2, 0.25) is 5.02 Å². The maximum absolute atomic E-state index is 11.8. The molecule has 0 radical (unpaired) electrons. The molecule has 0 N–H and O–H groups in total. The SMILES string of the molecule is CCOC(=O)c1cc(C)c(-c2ccc(Cl)cc2)nc1C. The third kappa shape index (κ3) is 2.99. The van der Waals surface area contributed by atoms with Gasteiger partial charge in [0.2, 0.25) is 0 Å². The van der Waals surface area contributed by atoms with Gasteiger partial charge in [-0.2, -0.15) is 0 Å². The summed E-state index contributed by atoms with van der Waals surface area (Å²) >= 11 is 5.89. The van der Waals surface area contributed by atoms with E-state index >= 15 is 0 Å². The van der Waals surface area contributed by atoms with Gasteiger partial charge >= 0.3 is 5.97 Å². The number of ether oxygens (including phenoxy) is 1. The Kier molecular flexibility index (Phi) is 4.40. The van der Waals surface area contributed by atoms with E-state index in [2.05, 4.69) is 4.98 Å². The number of carbonyl (C=O) groups excluding carboxylic acids is 1. The summed E-state index contributed by atoms with van der Waals surface area (Å²) in [5.41, 5.74) is 3.94. The predicted octanol–water partition coefficient (Wildman–Crippen LogP) is 4.20. The number of hydrogen-bond donors (Lipinski definition) is 0. The first kappa shape index (κ1) is 14.5. The second-order valence-corrected chi connectivity index (χ2v) is 4.95. The van der Waals surface area contributed by atoms with Crippen molar-refractivity contribution >= 4 is 17.6 Å². The minimum atomic E-state index is -0.330.